The van der Waals surface area contributed by atoms with Crippen molar-refractivity contribution in [3.63, 3.8) is 0 Å². The predicted octanol–water partition coefficient (Wildman–Crippen LogP) is 1.84. The van der Waals surface area contributed by atoms with Crippen LogP contribution in [0.5, 0.6) is 0 Å². The Kier molecular flexibility index (Phi) is 4.75. The van der Waals surface area contributed by atoms with E-state index in [-0.39, 0.29) is 27.9 Å². The van der Waals surface area contributed by atoms with Gasteiger partial charge in [-0.25, -0.2) is 8.42 Å². The normalized spacial score (nSPS) is 26.3. The van der Waals surface area contributed by atoms with Gasteiger partial charge in [0.05, 0.1) is 4.90 Å². The van der Waals surface area contributed by atoms with E-state index >= 15 is 0 Å². The Balaban J connectivity index is 2.55. The molecule has 2 atom stereocenters. The SMILES string of the molecule is C[C@@]1(C(=O)O)C(CO)CCN1S(=O)(=O)c1cc(Cl)cc(Cl)c1. The van der Waals surface area contributed by atoms with Crippen LogP contribution in [-0.2, 0) is 14.8 Å². The molecule has 0 bridgehead atoms. The molecule has 1 aromatic rings. The summed E-state index contributed by atoms with van der Waals surface area (Å²) in [4.78, 5) is 11.5. The topological polar surface area (TPSA) is 94.9 Å². The molecule has 1 unspecified atom stereocenters. The van der Waals surface area contributed by atoms with E-state index < -0.39 is 34.1 Å². The van der Waals surface area contributed by atoms with Gasteiger partial charge in [0.1, 0.15) is 5.54 Å². The van der Waals surface area contributed by atoms with E-state index in [4.69, 9.17) is 23.2 Å². The molecule has 0 saturated carbocycles. The summed E-state index contributed by atoms with van der Waals surface area (Å²) < 4.78 is 26.5. The Morgan fingerprint density at radius 3 is 2.36 bits per heavy atom. The number of hydrogen-bond donors (Lipinski definition) is 2. The second-order valence-electron chi connectivity index (χ2n) is 5.30. The van der Waals surface area contributed by atoms with Gasteiger partial charge >= 0.3 is 5.97 Å². The summed E-state index contributed by atoms with van der Waals surface area (Å²) in [6.07, 6.45) is 0.257. The minimum atomic E-state index is -4.11. The lowest BCUT2D eigenvalue weighted by atomic mass is 9.88. The monoisotopic (exact) mass is 367 g/mol. The summed E-state index contributed by atoms with van der Waals surface area (Å²) in [6, 6.07) is 3.83. The highest BCUT2D eigenvalue weighted by Crippen LogP contribution is 2.39. The molecule has 1 aliphatic rings. The molecule has 0 aliphatic carbocycles. The second-order valence-corrected chi connectivity index (χ2v) is 8.04. The van der Waals surface area contributed by atoms with Gasteiger partial charge in [-0.1, -0.05) is 23.2 Å². The molecule has 1 fully saturated rings. The maximum atomic E-state index is 12.8. The van der Waals surface area contributed by atoms with Crippen molar-refractivity contribution in [2.45, 2.75) is 23.8 Å². The van der Waals surface area contributed by atoms with Crippen molar-refractivity contribution in [2.24, 2.45) is 5.92 Å². The molecule has 2 N–H and O–H groups in total. The van der Waals surface area contributed by atoms with E-state index in [2.05, 4.69) is 0 Å². The zero-order valence-corrected chi connectivity index (χ0v) is 14.0. The number of aliphatic carboxylic acids is 1. The largest absolute Gasteiger partial charge is 0.480 e. The number of hydrogen-bond acceptors (Lipinski definition) is 4. The van der Waals surface area contributed by atoms with Crippen molar-refractivity contribution in [1.82, 2.24) is 4.31 Å². The summed E-state index contributed by atoms with van der Waals surface area (Å²) in [5, 5.41) is 19.1. The third-order valence-corrected chi connectivity index (χ3v) is 6.48. The highest BCUT2D eigenvalue weighted by Gasteiger charge is 2.55. The third-order valence-electron chi connectivity index (χ3n) is 4.07. The first-order valence-electron chi connectivity index (χ1n) is 6.47. The first-order chi connectivity index (χ1) is 10.1. The van der Waals surface area contributed by atoms with Crippen LogP contribution in [0.25, 0.3) is 0 Å². The molecular formula is C13H15Cl2NO5S. The van der Waals surface area contributed by atoms with Gasteiger partial charge in [0, 0.05) is 29.1 Å². The van der Waals surface area contributed by atoms with Crippen LogP contribution in [0.1, 0.15) is 13.3 Å². The Bertz CT molecular complexity index is 688. The van der Waals surface area contributed by atoms with Gasteiger partial charge in [-0.3, -0.25) is 4.79 Å². The number of aliphatic hydroxyl groups is 1. The van der Waals surface area contributed by atoms with Crippen LogP contribution in [-0.4, -0.2) is 47.6 Å². The molecule has 0 radical (unpaired) electrons. The second kappa shape index (κ2) is 5.98. The van der Waals surface area contributed by atoms with Crippen molar-refractivity contribution in [1.29, 1.82) is 0 Å². The minimum Gasteiger partial charge on any atom is -0.480 e. The van der Waals surface area contributed by atoms with Gasteiger partial charge < -0.3 is 10.2 Å². The zero-order valence-electron chi connectivity index (χ0n) is 11.7. The lowest BCUT2D eigenvalue weighted by Gasteiger charge is -2.33. The van der Waals surface area contributed by atoms with E-state index in [0.717, 1.165) is 4.31 Å². The average Bonchev–Trinajstić information content (AvgIpc) is 2.76. The molecule has 0 aromatic heterocycles. The van der Waals surface area contributed by atoms with Crippen molar-refractivity contribution < 1.29 is 23.4 Å². The maximum absolute atomic E-state index is 12.8. The quantitative estimate of drug-likeness (QED) is 0.846. The average molecular weight is 368 g/mol. The van der Waals surface area contributed by atoms with E-state index in [0.29, 0.717) is 0 Å². The molecule has 9 heteroatoms. The Morgan fingerprint density at radius 1 is 1.36 bits per heavy atom. The Labute approximate surface area is 138 Å². The summed E-state index contributed by atoms with van der Waals surface area (Å²) in [5.74, 6) is -1.99. The molecule has 1 aromatic carbocycles. The van der Waals surface area contributed by atoms with Crippen molar-refractivity contribution >= 4 is 39.2 Å². The number of rotatable bonds is 4. The fraction of sp³-hybridized carbons (Fsp3) is 0.462. The van der Waals surface area contributed by atoms with Crippen LogP contribution in [0, 0.1) is 5.92 Å². The zero-order chi connectivity index (χ0) is 16.7. The van der Waals surface area contributed by atoms with Crippen LogP contribution in [0.4, 0.5) is 0 Å². The number of benzene rings is 1. The summed E-state index contributed by atoms with van der Waals surface area (Å²) in [5.41, 5.74) is -1.72. The van der Waals surface area contributed by atoms with Crippen LogP contribution in [0.15, 0.2) is 23.1 Å². The molecule has 1 heterocycles. The van der Waals surface area contributed by atoms with E-state index in [1.807, 2.05) is 0 Å². The number of carbonyl (C=O) groups is 1. The van der Waals surface area contributed by atoms with Gasteiger partial charge in [0.15, 0.2) is 0 Å². The standard InChI is InChI=1S/C13H15Cl2NO5S/c1-13(12(18)19)8(7-17)2-3-16(13)22(20,21)11-5-9(14)4-10(15)6-11/h4-6,8,17H,2-3,7H2,1H3,(H,18,19)/t8?,13-/m0/s1. The third kappa shape index (κ3) is 2.72. The van der Waals surface area contributed by atoms with Gasteiger partial charge in [0.2, 0.25) is 10.0 Å². The highest BCUT2D eigenvalue weighted by molar-refractivity contribution is 7.89. The smallest absolute Gasteiger partial charge is 0.325 e. The van der Waals surface area contributed by atoms with Gasteiger partial charge in [-0.2, -0.15) is 4.31 Å². The molecule has 122 valence electrons. The van der Waals surface area contributed by atoms with Crippen molar-refractivity contribution in [3.8, 4) is 0 Å². The van der Waals surface area contributed by atoms with Crippen LogP contribution in [0.2, 0.25) is 10.0 Å². The summed E-state index contributed by atoms with van der Waals surface area (Å²) in [7, 11) is -4.11. The molecule has 22 heavy (non-hydrogen) atoms. The summed E-state index contributed by atoms with van der Waals surface area (Å²) >= 11 is 11.7. The fourth-order valence-electron chi connectivity index (χ4n) is 2.71. The van der Waals surface area contributed by atoms with Crippen LogP contribution < -0.4 is 0 Å². The number of carboxylic acids is 1. The Hall–Kier alpha value is -0.860. The van der Waals surface area contributed by atoms with Crippen LogP contribution in [0.3, 0.4) is 0 Å². The lowest BCUT2D eigenvalue weighted by Crippen LogP contribution is -2.54. The molecule has 2 rings (SSSR count). The van der Waals surface area contributed by atoms with E-state index in [1.165, 1.54) is 25.1 Å². The minimum absolute atomic E-state index is 0.000488. The van der Waals surface area contributed by atoms with E-state index in [1.54, 1.807) is 0 Å². The maximum Gasteiger partial charge on any atom is 0.325 e. The Morgan fingerprint density at radius 2 is 1.91 bits per heavy atom. The molecule has 1 saturated heterocycles. The number of carboxylic acid groups (broad SMARTS) is 1. The first kappa shape index (κ1) is 17.5. The number of aliphatic hydroxyl groups excluding tert-OH is 1. The molecular weight excluding hydrogens is 353 g/mol. The first-order valence-corrected chi connectivity index (χ1v) is 8.67. The van der Waals surface area contributed by atoms with Crippen molar-refractivity contribution in [3.05, 3.63) is 28.2 Å². The predicted molar refractivity (Wildman–Crippen MR) is 81.6 cm³/mol. The molecule has 0 spiro atoms. The summed E-state index contributed by atoms with van der Waals surface area (Å²) in [6.45, 7) is 0.887. The van der Waals surface area contributed by atoms with Gasteiger partial charge in [-0.15, -0.1) is 0 Å². The highest BCUT2D eigenvalue weighted by atomic mass is 35.5. The van der Waals surface area contributed by atoms with E-state index in [9.17, 15) is 23.4 Å². The lowest BCUT2D eigenvalue weighted by molar-refractivity contribution is -0.148. The number of sulfonamides is 1. The van der Waals surface area contributed by atoms with Crippen molar-refractivity contribution in [2.75, 3.05) is 13.2 Å². The molecule has 6 nitrogen and oxygen atoms in total. The fourth-order valence-corrected chi connectivity index (χ4v) is 5.25. The van der Waals surface area contributed by atoms with Gasteiger partial charge in [-0.05, 0) is 31.5 Å². The number of nitrogens with zero attached hydrogens (tertiary/aromatic N) is 1. The molecule has 0 amide bonds. The van der Waals surface area contributed by atoms with Gasteiger partial charge in [0.25, 0.3) is 0 Å². The number of halogens is 2. The van der Waals surface area contributed by atoms with Crippen LogP contribution >= 0.6 is 23.2 Å². The molecule has 1 aliphatic heterocycles.